The molecule has 1 unspecified atom stereocenters. The van der Waals surface area contributed by atoms with Crippen molar-refractivity contribution in [3.05, 3.63) is 28.3 Å². The highest BCUT2D eigenvalue weighted by Gasteiger charge is 2.22. The molecule has 1 aromatic carbocycles. The summed E-state index contributed by atoms with van der Waals surface area (Å²) in [5.74, 6) is 0. The molecule has 0 saturated heterocycles. The largest absolute Gasteiger partial charge is 0.394 e. The number of nitrogens with zero attached hydrogens (tertiary/aromatic N) is 1. The molecule has 0 aliphatic rings. The minimum absolute atomic E-state index is 0.134. The Morgan fingerprint density at radius 3 is 2.56 bits per heavy atom. The Morgan fingerprint density at radius 1 is 1.50 bits per heavy atom. The molecule has 0 aliphatic carbocycles. The van der Waals surface area contributed by atoms with Crippen LogP contribution >= 0.6 is 0 Å². The average Bonchev–Trinajstić information content (AvgIpc) is 2.27. The molecule has 0 fully saturated rings. The zero-order chi connectivity index (χ0) is 13.9. The van der Waals surface area contributed by atoms with Crippen molar-refractivity contribution in [2.45, 2.75) is 17.9 Å². The predicted molar refractivity (Wildman–Crippen MR) is 66.4 cm³/mol. The maximum atomic E-state index is 11.5. The van der Waals surface area contributed by atoms with Crippen LogP contribution in [0.1, 0.15) is 6.92 Å². The van der Waals surface area contributed by atoms with Gasteiger partial charge in [-0.2, -0.15) is 0 Å². The van der Waals surface area contributed by atoms with Gasteiger partial charge in [-0.15, -0.1) is 0 Å². The number of nitro benzene ring substituents is 1. The van der Waals surface area contributed by atoms with Crippen molar-refractivity contribution in [2.75, 3.05) is 18.2 Å². The van der Waals surface area contributed by atoms with Crippen molar-refractivity contribution < 1.29 is 18.4 Å². The van der Waals surface area contributed by atoms with Gasteiger partial charge in [0.2, 0.25) is 0 Å². The van der Waals surface area contributed by atoms with Crippen LogP contribution in [0.2, 0.25) is 0 Å². The summed E-state index contributed by atoms with van der Waals surface area (Å²) in [4.78, 5) is 9.65. The van der Waals surface area contributed by atoms with E-state index >= 15 is 0 Å². The van der Waals surface area contributed by atoms with Gasteiger partial charge in [0.05, 0.1) is 11.5 Å². The van der Waals surface area contributed by atoms with Crippen LogP contribution in [-0.4, -0.2) is 37.4 Å². The molecule has 8 heteroatoms. The molecule has 0 heterocycles. The number of rotatable bonds is 5. The smallest absolute Gasteiger partial charge is 0.288 e. The minimum Gasteiger partial charge on any atom is -0.394 e. The lowest BCUT2D eigenvalue weighted by molar-refractivity contribution is -0.387. The van der Waals surface area contributed by atoms with E-state index in [1.165, 1.54) is 12.1 Å². The van der Waals surface area contributed by atoms with E-state index in [1.54, 1.807) is 6.92 Å². The molecule has 7 nitrogen and oxygen atoms in total. The Hall–Kier alpha value is -1.67. The lowest BCUT2D eigenvalue weighted by Crippen LogP contribution is -2.19. The van der Waals surface area contributed by atoms with Gasteiger partial charge in [-0.25, -0.2) is 8.42 Å². The van der Waals surface area contributed by atoms with E-state index in [2.05, 4.69) is 5.32 Å². The summed E-state index contributed by atoms with van der Waals surface area (Å²) in [6.07, 6.45) is 0.911. The quantitative estimate of drug-likeness (QED) is 0.607. The van der Waals surface area contributed by atoms with Crippen molar-refractivity contribution in [1.82, 2.24) is 0 Å². The summed E-state index contributed by atoms with van der Waals surface area (Å²) in [5, 5.41) is 22.5. The van der Waals surface area contributed by atoms with Gasteiger partial charge in [-0.3, -0.25) is 10.1 Å². The number of sulfone groups is 1. The molecule has 1 atom stereocenters. The van der Waals surface area contributed by atoms with Crippen molar-refractivity contribution in [2.24, 2.45) is 0 Å². The van der Waals surface area contributed by atoms with Gasteiger partial charge in [-0.1, -0.05) is 0 Å². The SMILES string of the molecule is CC(CO)Nc1ccc([N+](=O)[O-])c(S(C)(=O)=O)c1. The first-order valence-corrected chi connectivity index (χ1v) is 7.00. The highest BCUT2D eigenvalue weighted by atomic mass is 32.2. The Kier molecular flexibility index (Phi) is 4.25. The van der Waals surface area contributed by atoms with Gasteiger partial charge in [0.1, 0.15) is 4.90 Å². The van der Waals surface area contributed by atoms with Gasteiger partial charge >= 0.3 is 0 Å². The van der Waals surface area contributed by atoms with Gasteiger partial charge in [0.15, 0.2) is 9.84 Å². The molecule has 100 valence electrons. The number of hydrogen-bond acceptors (Lipinski definition) is 6. The molecule has 0 aromatic heterocycles. The fourth-order valence-corrected chi connectivity index (χ4v) is 2.25. The lowest BCUT2D eigenvalue weighted by Gasteiger charge is -2.13. The molecule has 1 rings (SSSR count). The summed E-state index contributed by atoms with van der Waals surface area (Å²) in [5.41, 5.74) is -0.0534. The first kappa shape index (κ1) is 14.4. The van der Waals surface area contributed by atoms with Gasteiger partial charge in [0.25, 0.3) is 5.69 Å². The standard InChI is InChI=1S/C10H14N2O5S/c1-7(6-13)11-8-3-4-9(12(14)15)10(5-8)18(2,16)17/h3-5,7,11,13H,6H2,1-2H3. The number of hydrogen-bond donors (Lipinski definition) is 2. The first-order valence-electron chi connectivity index (χ1n) is 5.11. The molecule has 0 bridgehead atoms. The number of aliphatic hydroxyl groups is 1. The highest BCUT2D eigenvalue weighted by Crippen LogP contribution is 2.27. The van der Waals surface area contributed by atoms with Crippen LogP contribution in [0.15, 0.2) is 23.1 Å². The van der Waals surface area contributed by atoms with E-state index in [0.29, 0.717) is 5.69 Å². The van der Waals surface area contributed by atoms with Crippen molar-refractivity contribution in [3.63, 3.8) is 0 Å². The monoisotopic (exact) mass is 274 g/mol. The zero-order valence-corrected chi connectivity index (χ0v) is 10.8. The number of aliphatic hydroxyl groups excluding tert-OH is 1. The molecule has 0 aliphatic heterocycles. The molecule has 0 amide bonds. The third-order valence-corrected chi connectivity index (χ3v) is 3.37. The maximum absolute atomic E-state index is 11.5. The van der Waals surface area contributed by atoms with Crippen LogP contribution in [0.4, 0.5) is 11.4 Å². The molecule has 18 heavy (non-hydrogen) atoms. The van der Waals surface area contributed by atoms with E-state index in [4.69, 9.17) is 5.11 Å². The third-order valence-electron chi connectivity index (χ3n) is 2.24. The molecular formula is C10H14N2O5S. The third kappa shape index (κ3) is 3.41. The summed E-state index contributed by atoms with van der Waals surface area (Å²) in [6, 6.07) is 3.44. The van der Waals surface area contributed by atoms with Crippen LogP contribution in [0.3, 0.4) is 0 Å². The molecule has 0 saturated carbocycles. The molecule has 0 spiro atoms. The fourth-order valence-electron chi connectivity index (χ4n) is 1.38. The Balaban J connectivity index is 3.27. The maximum Gasteiger partial charge on any atom is 0.288 e. The highest BCUT2D eigenvalue weighted by molar-refractivity contribution is 7.90. The van der Waals surface area contributed by atoms with E-state index in [9.17, 15) is 18.5 Å². The second-order valence-corrected chi connectivity index (χ2v) is 5.92. The summed E-state index contributed by atoms with van der Waals surface area (Å²) < 4.78 is 23.0. The Morgan fingerprint density at radius 2 is 2.11 bits per heavy atom. The fraction of sp³-hybridized carbons (Fsp3) is 0.400. The second-order valence-electron chi connectivity index (χ2n) is 3.94. The molecular weight excluding hydrogens is 260 g/mol. The Bertz CT molecular complexity index is 555. The van der Waals surface area contributed by atoms with Crippen LogP contribution in [0, 0.1) is 10.1 Å². The predicted octanol–water partition coefficient (Wildman–Crippen LogP) is 0.791. The number of nitro groups is 1. The summed E-state index contributed by atoms with van der Waals surface area (Å²) in [6.45, 7) is 1.56. The number of nitrogens with one attached hydrogen (secondary N) is 1. The van der Waals surface area contributed by atoms with Gasteiger partial charge < -0.3 is 10.4 Å². The van der Waals surface area contributed by atoms with Gasteiger partial charge in [0, 0.05) is 24.1 Å². The lowest BCUT2D eigenvalue weighted by atomic mass is 10.2. The number of anilines is 1. The molecule has 0 radical (unpaired) electrons. The van der Waals surface area contributed by atoms with Crippen LogP contribution in [-0.2, 0) is 9.84 Å². The van der Waals surface area contributed by atoms with E-state index in [1.807, 2.05) is 0 Å². The zero-order valence-electron chi connectivity index (χ0n) is 9.95. The second kappa shape index (κ2) is 5.32. The van der Waals surface area contributed by atoms with Crippen molar-refractivity contribution in [3.8, 4) is 0 Å². The minimum atomic E-state index is -3.69. The normalized spacial score (nSPS) is 13.1. The first-order chi connectivity index (χ1) is 8.25. The topological polar surface area (TPSA) is 110 Å². The number of benzene rings is 1. The van der Waals surface area contributed by atoms with Crippen LogP contribution in [0.5, 0.6) is 0 Å². The molecule has 2 N–H and O–H groups in total. The average molecular weight is 274 g/mol. The summed E-state index contributed by atoms with van der Waals surface area (Å²) >= 11 is 0. The Labute approximate surface area is 105 Å². The van der Waals surface area contributed by atoms with Gasteiger partial charge in [-0.05, 0) is 19.1 Å². The van der Waals surface area contributed by atoms with Crippen molar-refractivity contribution in [1.29, 1.82) is 0 Å². The van der Waals surface area contributed by atoms with Crippen LogP contribution in [0.25, 0.3) is 0 Å². The van der Waals surface area contributed by atoms with Crippen molar-refractivity contribution >= 4 is 21.2 Å². The van der Waals surface area contributed by atoms with E-state index < -0.39 is 20.4 Å². The van der Waals surface area contributed by atoms with E-state index in [-0.39, 0.29) is 17.5 Å². The molecule has 1 aromatic rings. The summed E-state index contributed by atoms with van der Waals surface area (Å²) in [7, 11) is -3.69. The van der Waals surface area contributed by atoms with E-state index in [0.717, 1.165) is 12.3 Å². The van der Waals surface area contributed by atoms with Crippen LogP contribution < -0.4 is 5.32 Å².